The molecule has 1 aliphatic rings. The third kappa shape index (κ3) is 5.33. The fraction of sp³-hybridized carbons (Fsp3) is 0.462. The second-order valence-corrected chi connectivity index (χ2v) is 11.5. The highest BCUT2D eigenvalue weighted by atomic mass is 31.3. The molecule has 0 saturated heterocycles. The van der Waals surface area contributed by atoms with Gasteiger partial charge in [-0.15, -0.1) is 0 Å². The van der Waals surface area contributed by atoms with Crippen LogP contribution in [0.5, 0.6) is 0 Å². The van der Waals surface area contributed by atoms with Crippen LogP contribution in [0, 0.1) is 17.2 Å². The summed E-state index contributed by atoms with van der Waals surface area (Å²) in [5, 5.41) is 35.0. The summed E-state index contributed by atoms with van der Waals surface area (Å²) in [5.74, 6) is -1.09. The lowest BCUT2D eigenvalue weighted by atomic mass is 9.81. The zero-order valence-corrected chi connectivity index (χ0v) is 18.9. The summed E-state index contributed by atoms with van der Waals surface area (Å²) in [6.07, 6.45) is -2.59. The van der Waals surface area contributed by atoms with Gasteiger partial charge >= 0.3 is 23.5 Å². The summed E-state index contributed by atoms with van der Waals surface area (Å²) in [6, 6.07) is 4.84. The predicted molar refractivity (Wildman–Crippen MR) is 105 cm³/mol. The molecule has 2 aromatic heterocycles. The van der Waals surface area contributed by atoms with Gasteiger partial charge < -0.3 is 35.5 Å². The Labute approximate surface area is 184 Å². The molecule has 0 spiro atoms. The van der Waals surface area contributed by atoms with Gasteiger partial charge in [-0.25, -0.2) is 23.2 Å². The molecule has 1 saturated carbocycles. The third-order valence-electron chi connectivity index (χ3n) is 4.90. The molecule has 2 heterocycles. The van der Waals surface area contributed by atoms with E-state index in [1.807, 2.05) is 6.07 Å². The van der Waals surface area contributed by atoms with Crippen molar-refractivity contribution in [3.05, 3.63) is 24.2 Å². The molecule has 0 amide bonds. The van der Waals surface area contributed by atoms with Crippen molar-refractivity contribution >= 4 is 34.8 Å². The van der Waals surface area contributed by atoms with Crippen LogP contribution >= 0.6 is 23.5 Å². The summed E-state index contributed by atoms with van der Waals surface area (Å²) < 4.78 is 47.0. The SMILES string of the molecule is N#C[C@@]1(c2ccc3c(N)ncnn23)C[C@H](COP(=O)(O)OP(=O)(O)OP(=O)(O)O)[C@H](O)[C@@H]1O. The standard InChI is InChI=1S/C13H18N5O12P3/c14-5-13(9-2-1-8-12(15)16-6-17-18(8)9)3-7(10(19)11(13)20)4-28-32(24,25)30-33(26,27)29-31(21,22)23/h1-2,6-7,10-11,19-20H,3-4H2,(H,24,25)(H,26,27)(H2,15,16,17)(H2,21,22,23)/t7-,10+,11+,13-/m1/s1. The van der Waals surface area contributed by atoms with Crippen molar-refractivity contribution < 1.29 is 56.6 Å². The summed E-state index contributed by atoms with van der Waals surface area (Å²) in [5.41, 5.74) is 4.46. The molecule has 1 fully saturated rings. The lowest BCUT2D eigenvalue weighted by molar-refractivity contribution is -0.00608. The number of nitrogens with two attached hydrogens (primary N) is 1. The van der Waals surface area contributed by atoms with Crippen LogP contribution in [0.25, 0.3) is 5.52 Å². The van der Waals surface area contributed by atoms with Crippen molar-refractivity contribution in [2.24, 2.45) is 5.92 Å². The Morgan fingerprint density at radius 1 is 1.18 bits per heavy atom. The average molecular weight is 529 g/mol. The van der Waals surface area contributed by atoms with E-state index in [0.717, 1.165) is 6.33 Å². The Kier molecular flexibility index (Phi) is 6.89. The second kappa shape index (κ2) is 8.79. The molecule has 17 nitrogen and oxygen atoms in total. The topological polar surface area (TPSA) is 280 Å². The van der Waals surface area contributed by atoms with Crippen LogP contribution in [-0.2, 0) is 32.3 Å². The number of anilines is 1. The first-order valence-electron chi connectivity index (χ1n) is 8.75. The van der Waals surface area contributed by atoms with Crippen LogP contribution in [0.3, 0.4) is 0 Å². The maximum atomic E-state index is 11.9. The highest BCUT2D eigenvalue weighted by Crippen LogP contribution is 2.66. The Balaban J connectivity index is 1.80. The number of hydrogen-bond acceptors (Lipinski definition) is 12. The number of nitrogens with zero attached hydrogens (tertiary/aromatic N) is 4. The molecule has 2 unspecified atom stereocenters. The van der Waals surface area contributed by atoms with Gasteiger partial charge in [0.2, 0.25) is 0 Å². The minimum absolute atomic E-state index is 0.0848. The molecular formula is C13H18N5O12P3. The van der Waals surface area contributed by atoms with Gasteiger partial charge in [0.1, 0.15) is 23.4 Å². The summed E-state index contributed by atoms with van der Waals surface area (Å²) in [6.45, 7) is -0.869. The van der Waals surface area contributed by atoms with Crippen LogP contribution in [0.4, 0.5) is 5.82 Å². The summed E-state index contributed by atoms with van der Waals surface area (Å²) in [7, 11) is -16.7. The molecule has 33 heavy (non-hydrogen) atoms. The molecule has 2 aromatic rings. The van der Waals surface area contributed by atoms with E-state index in [0.29, 0.717) is 5.52 Å². The quantitative estimate of drug-likeness (QED) is 0.205. The number of phosphoric ester groups is 1. The molecule has 0 radical (unpaired) electrons. The molecule has 182 valence electrons. The van der Waals surface area contributed by atoms with E-state index in [1.165, 1.54) is 16.6 Å². The van der Waals surface area contributed by atoms with Crippen molar-refractivity contribution in [3.8, 4) is 6.07 Å². The largest absolute Gasteiger partial charge is 0.490 e. The molecular weight excluding hydrogens is 511 g/mol. The van der Waals surface area contributed by atoms with E-state index in [-0.39, 0.29) is 17.9 Å². The van der Waals surface area contributed by atoms with E-state index in [1.54, 1.807) is 0 Å². The van der Waals surface area contributed by atoms with Crippen molar-refractivity contribution in [1.29, 1.82) is 5.26 Å². The van der Waals surface area contributed by atoms with Crippen LogP contribution < -0.4 is 5.73 Å². The number of rotatable bonds is 8. The zero-order chi connectivity index (χ0) is 24.8. The number of aromatic nitrogens is 3. The maximum Gasteiger partial charge on any atom is 0.490 e. The van der Waals surface area contributed by atoms with E-state index >= 15 is 0 Å². The monoisotopic (exact) mass is 529 g/mol. The first-order valence-corrected chi connectivity index (χ1v) is 13.3. The molecule has 0 aliphatic heterocycles. The van der Waals surface area contributed by atoms with E-state index in [4.69, 9.17) is 15.5 Å². The molecule has 0 bridgehead atoms. The van der Waals surface area contributed by atoms with Crippen LogP contribution in [0.1, 0.15) is 12.1 Å². The first-order chi connectivity index (χ1) is 15.1. The fourth-order valence-electron chi connectivity index (χ4n) is 3.57. The highest BCUT2D eigenvalue weighted by Gasteiger charge is 2.56. The Morgan fingerprint density at radius 2 is 1.85 bits per heavy atom. The average Bonchev–Trinajstić information content (AvgIpc) is 3.20. The van der Waals surface area contributed by atoms with Gasteiger partial charge in [0.15, 0.2) is 5.82 Å². The van der Waals surface area contributed by atoms with Gasteiger partial charge in [-0.2, -0.15) is 19.0 Å². The molecule has 3 rings (SSSR count). The summed E-state index contributed by atoms with van der Waals surface area (Å²) >= 11 is 0. The number of aliphatic hydroxyl groups is 2. The number of aliphatic hydroxyl groups excluding tert-OH is 2. The minimum Gasteiger partial charge on any atom is -0.390 e. The number of nitrogen functional groups attached to an aromatic ring is 1. The van der Waals surface area contributed by atoms with Crippen LogP contribution in [0.2, 0.25) is 0 Å². The predicted octanol–water partition coefficient (Wildman–Crippen LogP) is -0.842. The number of fused-ring (bicyclic) bond motifs is 1. The number of nitriles is 1. The van der Waals surface area contributed by atoms with Crippen molar-refractivity contribution in [1.82, 2.24) is 14.6 Å². The van der Waals surface area contributed by atoms with E-state index in [2.05, 4.69) is 23.2 Å². The van der Waals surface area contributed by atoms with Gasteiger partial charge in [0.25, 0.3) is 0 Å². The highest BCUT2D eigenvalue weighted by molar-refractivity contribution is 7.66. The van der Waals surface area contributed by atoms with E-state index < -0.39 is 53.6 Å². The Hall–Kier alpha value is -1.76. The number of hydrogen-bond donors (Lipinski definition) is 7. The fourth-order valence-corrected chi connectivity index (χ4v) is 6.65. The molecule has 0 aromatic carbocycles. The Morgan fingerprint density at radius 3 is 2.45 bits per heavy atom. The minimum atomic E-state index is -5.72. The van der Waals surface area contributed by atoms with Gasteiger partial charge in [0, 0.05) is 5.92 Å². The normalized spacial score (nSPS) is 29.4. The Bertz CT molecular complexity index is 1240. The zero-order valence-electron chi connectivity index (χ0n) is 16.2. The number of phosphoric acid groups is 3. The molecule has 8 N–H and O–H groups in total. The molecule has 6 atom stereocenters. The lowest BCUT2D eigenvalue weighted by Gasteiger charge is -2.25. The molecule has 1 aliphatic carbocycles. The van der Waals surface area contributed by atoms with E-state index in [9.17, 15) is 39.0 Å². The van der Waals surface area contributed by atoms with Gasteiger partial charge in [0.05, 0.1) is 24.5 Å². The first kappa shape index (κ1) is 25.9. The van der Waals surface area contributed by atoms with Gasteiger partial charge in [-0.3, -0.25) is 4.52 Å². The van der Waals surface area contributed by atoms with Crippen LogP contribution in [-0.4, -0.2) is 63.2 Å². The van der Waals surface area contributed by atoms with Crippen LogP contribution in [0.15, 0.2) is 18.5 Å². The summed E-state index contributed by atoms with van der Waals surface area (Å²) in [4.78, 5) is 39.7. The maximum absolute atomic E-state index is 11.9. The molecule has 20 heteroatoms. The van der Waals surface area contributed by atoms with Gasteiger partial charge in [-0.1, -0.05) is 0 Å². The third-order valence-corrected chi connectivity index (χ3v) is 8.70. The van der Waals surface area contributed by atoms with Crippen molar-refractivity contribution in [3.63, 3.8) is 0 Å². The van der Waals surface area contributed by atoms with Crippen molar-refractivity contribution in [2.45, 2.75) is 24.0 Å². The lowest BCUT2D eigenvalue weighted by Crippen LogP contribution is -2.40. The smallest absolute Gasteiger partial charge is 0.390 e. The van der Waals surface area contributed by atoms with Gasteiger partial charge in [-0.05, 0) is 18.6 Å². The second-order valence-electron chi connectivity index (χ2n) is 7.03. The van der Waals surface area contributed by atoms with Crippen molar-refractivity contribution in [2.75, 3.05) is 12.3 Å².